The molecule has 0 bridgehead atoms. The molecule has 0 aliphatic heterocycles. The zero-order valence-corrected chi connectivity index (χ0v) is 48.2. The highest BCUT2D eigenvalue weighted by Gasteiger charge is 2.40. The van der Waals surface area contributed by atoms with E-state index in [1.165, 1.54) is 6.21 Å². The Balaban J connectivity index is 0. The average molecular weight is 1050 g/mol. The van der Waals surface area contributed by atoms with Gasteiger partial charge in [-0.05, 0) is 137 Å². The third kappa shape index (κ3) is 25.2. The molecule has 0 unspecified atom stereocenters. The predicted octanol–water partition coefficient (Wildman–Crippen LogP) is 12.3. The molecule has 0 saturated carbocycles. The fourth-order valence-corrected chi connectivity index (χ4v) is 7.82. The van der Waals surface area contributed by atoms with Gasteiger partial charge in [-0.2, -0.15) is 4.40 Å². The number of phenols is 1. The van der Waals surface area contributed by atoms with Gasteiger partial charge >= 0.3 is 0 Å². The van der Waals surface area contributed by atoms with Gasteiger partial charge in [0.05, 0.1) is 52.4 Å². The number of phenolic OH excluding ortho intramolecular Hbond substituents is 1. The number of hydrogen-bond donors (Lipinski definition) is 3. The summed E-state index contributed by atoms with van der Waals surface area (Å²) in [6.07, 6.45) is 1.53. The molecule has 3 aromatic rings. The summed E-state index contributed by atoms with van der Waals surface area (Å²) in [6, 6.07) is 22.7. The molecule has 4 atom stereocenters. The van der Waals surface area contributed by atoms with Crippen molar-refractivity contribution in [2.24, 2.45) is 10.1 Å². The molecule has 3 rings (SSSR count). The molecule has 11 nitrogen and oxygen atoms in total. The van der Waals surface area contributed by atoms with Crippen LogP contribution in [0, 0.1) is 0 Å². The lowest BCUT2D eigenvalue weighted by atomic mass is 10.1. The van der Waals surface area contributed by atoms with Crippen LogP contribution in [0.2, 0.25) is 36.3 Å². The zero-order valence-electron chi connectivity index (χ0n) is 42.2. The van der Waals surface area contributed by atoms with Crippen LogP contribution in [0.4, 0.5) is 0 Å². The summed E-state index contributed by atoms with van der Waals surface area (Å²) >= 11 is 3.42. The van der Waals surface area contributed by atoms with Crippen LogP contribution in [-0.4, -0.2) is 87.0 Å². The van der Waals surface area contributed by atoms with E-state index in [0.29, 0.717) is 19.8 Å². The Morgan fingerprint density at radius 2 is 1.08 bits per heavy atom. The summed E-state index contributed by atoms with van der Waals surface area (Å²) < 4.78 is 58.5. The number of ether oxygens (including phenoxy) is 3. The first kappa shape index (κ1) is 64.1. The summed E-state index contributed by atoms with van der Waals surface area (Å²) in [6.45, 7) is 35.3. The van der Waals surface area contributed by atoms with E-state index in [1.54, 1.807) is 45.6 Å². The van der Waals surface area contributed by atoms with Gasteiger partial charge in [0.1, 0.15) is 28.2 Å². The van der Waals surface area contributed by atoms with Crippen LogP contribution in [0.5, 0.6) is 17.2 Å². The van der Waals surface area contributed by atoms with Crippen LogP contribution in [0.25, 0.3) is 0 Å². The topological polar surface area (TPSA) is 151 Å². The Hall–Kier alpha value is -1.97. The number of aromatic hydroxyl groups is 1. The maximum atomic E-state index is 12.4. The first-order valence-electron chi connectivity index (χ1n) is 21.1. The SMILES string of the molecule is CC(C)(C)[Si](C)(C)Oc1ccc(Br)cc1.COCC=N[S@](=O)C(C)(C)C.COC[C@H](N)c1ccc(O)cc1.COC[C@H](N[S@](=O)C(C)(C)C)c1ccc(O[Si](C)(C)C(C)(C)C)cc1.Cl. The van der Waals surface area contributed by atoms with Crippen LogP contribution in [0.3, 0.4) is 0 Å². The summed E-state index contributed by atoms with van der Waals surface area (Å²) in [7, 11) is -0.987. The van der Waals surface area contributed by atoms with E-state index in [-0.39, 0.29) is 49.8 Å². The average Bonchev–Trinajstić information content (AvgIpc) is 3.15. The van der Waals surface area contributed by atoms with E-state index < -0.39 is 38.6 Å². The van der Waals surface area contributed by atoms with Crippen molar-refractivity contribution >= 4 is 73.2 Å². The fraction of sp³-hybridized carbons (Fsp3) is 0.596. The molecule has 3 aromatic carbocycles. The molecule has 0 fully saturated rings. The molecule has 0 amide bonds. The van der Waals surface area contributed by atoms with Gasteiger partial charge in [-0.3, -0.25) is 0 Å². The van der Waals surface area contributed by atoms with Gasteiger partial charge < -0.3 is 33.9 Å². The second kappa shape index (κ2) is 29.0. The molecule has 0 radical (unpaired) electrons. The van der Waals surface area contributed by atoms with Crippen molar-refractivity contribution < 1.29 is 36.6 Å². The minimum absolute atomic E-state index is 0. The highest BCUT2D eigenvalue weighted by atomic mass is 79.9. The number of hydrogen-bond acceptors (Lipinski definition) is 9. The van der Waals surface area contributed by atoms with Gasteiger partial charge in [0, 0.05) is 32.0 Å². The third-order valence-electron chi connectivity index (χ3n) is 10.2. The van der Waals surface area contributed by atoms with Gasteiger partial charge in [-0.1, -0.05) is 81.7 Å². The maximum Gasteiger partial charge on any atom is 0.250 e. The Morgan fingerprint density at radius 1 is 0.672 bits per heavy atom. The molecule has 0 saturated heterocycles. The Kier molecular flexibility index (Phi) is 29.1. The minimum atomic E-state index is -1.85. The van der Waals surface area contributed by atoms with Crippen LogP contribution in [-0.2, 0) is 36.2 Å². The number of methoxy groups -OCH3 is 3. The number of halogens is 2. The van der Waals surface area contributed by atoms with Gasteiger partial charge in [-0.15, -0.1) is 12.4 Å². The molecule has 368 valence electrons. The molecular formula is C47H83BrClN3O8S2Si2. The van der Waals surface area contributed by atoms with Crippen molar-refractivity contribution in [2.75, 3.05) is 41.2 Å². The molecule has 17 heteroatoms. The standard InChI is InChI=1S/C19H35NO3SSi.C12H19BrOSi.C9H13NO2.C7H15NO2S.ClH/c1-18(2,3)24(21)20-17(14-22-7)15-10-12-16(13-11-15)23-25(8,9)19(4,5)6;1-12(2,3)15(4,5)14-11-8-6-10(13)7-9-11;1-12-6-9(10)7-2-4-8(11)5-3-7;1-7(2,3)11(9)8-5-6-10-4;/h10-13,17,20H,14H2,1-9H3;6-9H,1-5H3;2-5,9,11H,6,10H2,1H3;5H,6H2,1-4H3;1H/t17-,24+;;9-;11-;/m0.01./s1. The maximum absolute atomic E-state index is 12.4. The van der Waals surface area contributed by atoms with Crippen molar-refractivity contribution in [2.45, 2.75) is 141 Å². The van der Waals surface area contributed by atoms with Gasteiger partial charge in [0.25, 0.3) is 0 Å². The highest BCUT2D eigenvalue weighted by molar-refractivity contribution is 9.10. The lowest BCUT2D eigenvalue weighted by Gasteiger charge is -2.36. The molecule has 0 aromatic heterocycles. The second-order valence-corrected chi connectivity index (χ2v) is 34.3. The first-order chi connectivity index (χ1) is 28.7. The van der Waals surface area contributed by atoms with Crippen molar-refractivity contribution in [3.05, 3.63) is 88.4 Å². The molecule has 0 spiro atoms. The van der Waals surface area contributed by atoms with Crippen LogP contribution < -0.4 is 19.3 Å². The lowest BCUT2D eigenvalue weighted by molar-refractivity contribution is 0.176. The van der Waals surface area contributed by atoms with E-state index in [1.807, 2.05) is 90.1 Å². The van der Waals surface area contributed by atoms with E-state index >= 15 is 0 Å². The number of nitrogens with one attached hydrogen (secondary N) is 1. The van der Waals surface area contributed by atoms with E-state index in [2.05, 4.69) is 92.8 Å². The van der Waals surface area contributed by atoms with Crippen LogP contribution >= 0.6 is 28.3 Å². The van der Waals surface area contributed by atoms with Gasteiger partial charge in [0.2, 0.25) is 16.6 Å². The Labute approximate surface area is 409 Å². The smallest absolute Gasteiger partial charge is 0.250 e. The normalized spacial score (nSPS) is 14.2. The quantitative estimate of drug-likeness (QED) is 0.0998. The van der Waals surface area contributed by atoms with E-state index in [9.17, 15) is 8.42 Å². The monoisotopic (exact) mass is 1050 g/mol. The van der Waals surface area contributed by atoms with Crippen LogP contribution in [0.1, 0.15) is 106 Å². The van der Waals surface area contributed by atoms with Crippen molar-refractivity contribution in [1.29, 1.82) is 0 Å². The molecule has 0 aliphatic carbocycles. The van der Waals surface area contributed by atoms with Gasteiger partial charge in [-0.25, -0.2) is 13.1 Å². The highest BCUT2D eigenvalue weighted by Crippen LogP contribution is 2.38. The van der Waals surface area contributed by atoms with Gasteiger partial charge in [0.15, 0.2) is 0 Å². The minimum Gasteiger partial charge on any atom is -0.544 e. The zero-order chi connectivity index (χ0) is 49.0. The molecule has 0 aliphatic rings. The third-order valence-corrected chi connectivity index (χ3v) is 22.4. The molecule has 0 heterocycles. The van der Waals surface area contributed by atoms with E-state index in [4.69, 9.17) is 33.9 Å². The summed E-state index contributed by atoms with van der Waals surface area (Å²) in [5.74, 6) is 2.12. The second-order valence-electron chi connectivity index (χ2n) is 20.0. The van der Waals surface area contributed by atoms with Crippen molar-refractivity contribution in [3.8, 4) is 17.2 Å². The molecule has 64 heavy (non-hydrogen) atoms. The fourth-order valence-electron chi connectivity index (χ4n) is 4.17. The number of rotatable bonds is 15. The van der Waals surface area contributed by atoms with Crippen molar-refractivity contribution in [1.82, 2.24) is 4.72 Å². The Bertz CT molecular complexity index is 1810. The predicted molar refractivity (Wildman–Crippen MR) is 284 cm³/mol. The summed E-state index contributed by atoms with van der Waals surface area (Å²) in [5.41, 5.74) is 7.76. The number of nitrogens with zero attached hydrogens (tertiary/aromatic N) is 1. The summed E-state index contributed by atoms with van der Waals surface area (Å²) in [4.78, 5) is 0. The lowest BCUT2D eigenvalue weighted by Crippen LogP contribution is -2.43. The van der Waals surface area contributed by atoms with Crippen LogP contribution in [0.15, 0.2) is 81.7 Å². The largest absolute Gasteiger partial charge is 0.544 e. The number of benzene rings is 3. The Morgan fingerprint density at radius 3 is 1.44 bits per heavy atom. The first-order valence-corrected chi connectivity index (χ1v) is 30.0. The molecular weight excluding hydrogens is 970 g/mol. The summed E-state index contributed by atoms with van der Waals surface area (Å²) in [5, 5.41) is 9.41. The van der Waals surface area contributed by atoms with E-state index in [0.717, 1.165) is 27.1 Å². The molecule has 4 N–H and O–H groups in total. The van der Waals surface area contributed by atoms with Crippen molar-refractivity contribution in [3.63, 3.8) is 0 Å². The number of nitrogens with two attached hydrogens (primary N) is 1.